The molecule has 0 bridgehead atoms. The van der Waals surface area contributed by atoms with Gasteiger partial charge in [0.2, 0.25) is 0 Å². The van der Waals surface area contributed by atoms with E-state index < -0.39 is 17.6 Å². The largest absolute Gasteiger partial charge is 0.496 e. The van der Waals surface area contributed by atoms with Gasteiger partial charge in [-0.25, -0.2) is 0 Å². The first-order valence-electron chi connectivity index (χ1n) is 6.80. The molecular weight excluding hydrogens is 270 g/mol. The highest BCUT2D eigenvalue weighted by molar-refractivity contribution is 6.01. The quantitative estimate of drug-likeness (QED) is 0.665. The van der Waals surface area contributed by atoms with Crippen LogP contribution < -0.4 is 10.5 Å². The van der Waals surface area contributed by atoms with Crippen LogP contribution in [-0.4, -0.2) is 30.5 Å². The maximum Gasteiger partial charge on any atom is 0.323 e. The van der Waals surface area contributed by atoms with Crippen LogP contribution in [0.5, 0.6) is 5.75 Å². The Balaban J connectivity index is 2.79. The summed E-state index contributed by atoms with van der Waals surface area (Å²) in [6.45, 7) is 7.16. The predicted octanol–water partition coefficient (Wildman–Crippen LogP) is 2.25. The zero-order valence-electron chi connectivity index (χ0n) is 13.2. The van der Waals surface area contributed by atoms with Gasteiger partial charge in [-0.05, 0) is 45.4 Å². The molecule has 2 N–H and O–H groups in total. The molecule has 1 unspecified atom stereocenters. The number of methoxy groups -OCH3 is 1. The molecule has 0 aliphatic carbocycles. The van der Waals surface area contributed by atoms with E-state index in [0.717, 1.165) is 5.56 Å². The van der Waals surface area contributed by atoms with Crippen LogP contribution in [0.4, 0.5) is 0 Å². The highest BCUT2D eigenvalue weighted by Gasteiger charge is 2.25. The summed E-state index contributed by atoms with van der Waals surface area (Å²) in [5.41, 5.74) is 6.53. The second-order valence-corrected chi connectivity index (χ2v) is 5.97. The number of carbonyl (C=O) groups is 2. The number of ketones is 1. The summed E-state index contributed by atoms with van der Waals surface area (Å²) in [4.78, 5) is 24.1. The average Bonchev–Trinajstić information content (AvgIpc) is 2.36. The maximum absolute atomic E-state index is 12.2. The van der Waals surface area contributed by atoms with E-state index >= 15 is 0 Å². The molecule has 1 atom stereocenters. The number of nitrogens with two attached hydrogens (primary N) is 1. The summed E-state index contributed by atoms with van der Waals surface area (Å²) in [6, 6.07) is 4.28. The molecule has 116 valence electrons. The summed E-state index contributed by atoms with van der Waals surface area (Å²) < 4.78 is 10.4. The van der Waals surface area contributed by atoms with Crippen LogP contribution in [-0.2, 0) is 9.53 Å². The van der Waals surface area contributed by atoms with Gasteiger partial charge in [-0.3, -0.25) is 9.59 Å². The number of benzene rings is 1. The molecule has 0 saturated heterocycles. The van der Waals surface area contributed by atoms with Crippen LogP contribution in [0, 0.1) is 6.92 Å². The van der Waals surface area contributed by atoms with Gasteiger partial charge in [0.1, 0.15) is 17.4 Å². The minimum Gasteiger partial charge on any atom is -0.496 e. The Morgan fingerprint density at radius 2 is 1.90 bits per heavy atom. The lowest BCUT2D eigenvalue weighted by Gasteiger charge is -2.22. The zero-order valence-corrected chi connectivity index (χ0v) is 13.2. The lowest BCUT2D eigenvalue weighted by molar-refractivity contribution is -0.156. The standard InChI is InChI=1S/C16H23NO4/c1-10-6-7-11(14(8-10)20-5)13(18)9-12(17)15(19)21-16(2,3)4/h6-8,12H,9,17H2,1-5H3. The van der Waals surface area contributed by atoms with E-state index in [1.54, 1.807) is 32.9 Å². The highest BCUT2D eigenvalue weighted by Crippen LogP contribution is 2.22. The number of carbonyl (C=O) groups excluding carboxylic acids is 2. The Morgan fingerprint density at radius 1 is 1.29 bits per heavy atom. The molecule has 0 heterocycles. The third-order valence-electron chi connectivity index (χ3n) is 2.77. The first-order chi connectivity index (χ1) is 9.64. The molecule has 0 amide bonds. The Morgan fingerprint density at radius 3 is 2.43 bits per heavy atom. The van der Waals surface area contributed by atoms with Gasteiger partial charge in [0.25, 0.3) is 0 Å². The number of esters is 1. The van der Waals surface area contributed by atoms with E-state index in [4.69, 9.17) is 15.2 Å². The summed E-state index contributed by atoms with van der Waals surface area (Å²) in [6.07, 6.45) is -0.117. The van der Waals surface area contributed by atoms with Crippen molar-refractivity contribution in [2.75, 3.05) is 7.11 Å². The number of ether oxygens (including phenoxy) is 2. The van der Waals surface area contributed by atoms with Gasteiger partial charge in [-0.1, -0.05) is 6.07 Å². The van der Waals surface area contributed by atoms with Crippen molar-refractivity contribution in [1.82, 2.24) is 0 Å². The van der Waals surface area contributed by atoms with Gasteiger partial charge in [-0.15, -0.1) is 0 Å². The highest BCUT2D eigenvalue weighted by atomic mass is 16.6. The van der Waals surface area contributed by atoms with Crippen molar-refractivity contribution in [1.29, 1.82) is 0 Å². The monoisotopic (exact) mass is 293 g/mol. The lowest BCUT2D eigenvalue weighted by Crippen LogP contribution is -2.38. The fourth-order valence-electron chi connectivity index (χ4n) is 1.80. The molecule has 0 aromatic heterocycles. The Labute approximate surface area is 125 Å². The van der Waals surface area contributed by atoms with Gasteiger partial charge in [-0.2, -0.15) is 0 Å². The van der Waals surface area contributed by atoms with Crippen LogP contribution in [0.15, 0.2) is 18.2 Å². The average molecular weight is 293 g/mol. The smallest absolute Gasteiger partial charge is 0.323 e. The third-order valence-corrected chi connectivity index (χ3v) is 2.77. The van der Waals surface area contributed by atoms with E-state index in [1.165, 1.54) is 7.11 Å². The number of rotatable bonds is 5. The summed E-state index contributed by atoms with van der Waals surface area (Å²) >= 11 is 0. The van der Waals surface area contributed by atoms with Crippen LogP contribution >= 0.6 is 0 Å². The van der Waals surface area contributed by atoms with Gasteiger partial charge >= 0.3 is 5.97 Å². The fourth-order valence-corrected chi connectivity index (χ4v) is 1.80. The number of hydrogen-bond donors (Lipinski definition) is 1. The number of hydrogen-bond acceptors (Lipinski definition) is 5. The molecule has 1 rings (SSSR count). The molecule has 5 heteroatoms. The molecule has 0 spiro atoms. The Kier molecular flexibility index (Phi) is 5.49. The molecule has 0 fully saturated rings. The Bertz CT molecular complexity index is 532. The lowest BCUT2D eigenvalue weighted by atomic mass is 10.0. The van der Waals surface area contributed by atoms with Gasteiger partial charge in [0.05, 0.1) is 12.7 Å². The van der Waals surface area contributed by atoms with Crippen LogP contribution in [0.1, 0.15) is 43.1 Å². The molecule has 0 aliphatic heterocycles. The number of Topliss-reactive ketones (excluding diaryl/α,β-unsaturated/α-hetero) is 1. The second kappa shape index (κ2) is 6.72. The molecule has 1 aromatic carbocycles. The summed E-state index contributed by atoms with van der Waals surface area (Å²) in [5.74, 6) is -0.344. The molecule has 21 heavy (non-hydrogen) atoms. The van der Waals surface area contributed by atoms with Crippen LogP contribution in [0.2, 0.25) is 0 Å². The molecule has 0 saturated carbocycles. The summed E-state index contributed by atoms with van der Waals surface area (Å²) in [5, 5.41) is 0. The van der Waals surface area contributed by atoms with Crippen LogP contribution in [0.25, 0.3) is 0 Å². The van der Waals surface area contributed by atoms with Crippen molar-refractivity contribution in [2.24, 2.45) is 5.73 Å². The zero-order chi connectivity index (χ0) is 16.2. The SMILES string of the molecule is COc1cc(C)ccc1C(=O)CC(N)C(=O)OC(C)(C)C. The van der Waals surface area contributed by atoms with Gasteiger partial charge < -0.3 is 15.2 Å². The van der Waals surface area contributed by atoms with E-state index in [2.05, 4.69) is 0 Å². The van der Waals surface area contributed by atoms with Crippen molar-refractivity contribution in [3.63, 3.8) is 0 Å². The molecular formula is C16H23NO4. The van der Waals surface area contributed by atoms with E-state index in [0.29, 0.717) is 11.3 Å². The fraction of sp³-hybridized carbons (Fsp3) is 0.500. The van der Waals surface area contributed by atoms with Crippen molar-refractivity contribution in [3.05, 3.63) is 29.3 Å². The van der Waals surface area contributed by atoms with E-state index in [9.17, 15) is 9.59 Å². The second-order valence-electron chi connectivity index (χ2n) is 5.97. The molecule has 0 radical (unpaired) electrons. The van der Waals surface area contributed by atoms with E-state index in [1.807, 2.05) is 13.0 Å². The van der Waals surface area contributed by atoms with E-state index in [-0.39, 0.29) is 12.2 Å². The van der Waals surface area contributed by atoms with Crippen molar-refractivity contribution in [3.8, 4) is 5.75 Å². The van der Waals surface area contributed by atoms with Crippen LogP contribution in [0.3, 0.4) is 0 Å². The third kappa shape index (κ3) is 5.19. The van der Waals surface area contributed by atoms with Gasteiger partial charge in [0.15, 0.2) is 5.78 Å². The van der Waals surface area contributed by atoms with Crippen molar-refractivity contribution >= 4 is 11.8 Å². The van der Waals surface area contributed by atoms with Crippen molar-refractivity contribution < 1.29 is 19.1 Å². The minimum absolute atomic E-state index is 0.117. The maximum atomic E-state index is 12.2. The topological polar surface area (TPSA) is 78.6 Å². The molecule has 0 aliphatic rings. The Hall–Kier alpha value is -1.88. The minimum atomic E-state index is -0.984. The van der Waals surface area contributed by atoms with Crippen molar-refractivity contribution in [2.45, 2.75) is 45.8 Å². The van der Waals surface area contributed by atoms with Gasteiger partial charge in [0, 0.05) is 6.42 Å². The number of aryl methyl sites for hydroxylation is 1. The molecule has 1 aromatic rings. The molecule has 5 nitrogen and oxygen atoms in total. The summed E-state index contributed by atoms with van der Waals surface area (Å²) in [7, 11) is 1.50. The first-order valence-corrected chi connectivity index (χ1v) is 6.80. The first kappa shape index (κ1) is 17.2. The predicted molar refractivity (Wildman–Crippen MR) is 80.5 cm³/mol. The normalized spacial score (nSPS) is 12.7.